The molecule has 0 aliphatic carbocycles. The summed E-state index contributed by atoms with van der Waals surface area (Å²) < 4.78 is 1.87. The van der Waals surface area contributed by atoms with Crippen LogP contribution in [0.2, 0.25) is 0 Å². The van der Waals surface area contributed by atoms with Crippen LogP contribution in [0, 0.1) is 10.1 Å². The Morgan fingerprint density at radius 1 is 1.45 bits per heavy atom. The van der Waals surface area contributed by atoms with Gasteiger partial charge in [0.15, 0.2) is 0 Å². The average Bonchev–Trinajstić information content (AvgIpc) is 2.87. The van der Waals surface area contributed by atoms with Crippen LogP contribution in [0.3, 0.4) is 0 Å². The van der Waals surface area contributed by atoms with Gasteiger partial charge in [-0.2, -0.15) is 0 Å². The Morgan fingerprint density at radius 2 is 2.20 bits per heavy atom. The monoisotopic (exact) mass is 275 g/mol. The van der Waals surface area contributed by atoms with Crippen molar-refractivity contribution in [3.8, 4) is 0 Å². The van der Waals surface area contributed by atoms with Crippen molar-refractivity contribution in [2.24, 2.45) is 0 Å². The van der Waals surface area contributed by atoms with Crippen molar-refractivity contribution in [3.63, 3.8) is 0 Å². The van der Waals surface area contributed by atoms with Crippen molar-refractivity contribution in [1.29, 1.82) is 0 Å². The molecule has 2 aromatic rings. The number of hydrogen-bond acceptors (Lipinski definition) is 4. The van der Waals surface area contributed by atoms with Crippen molar-refractivity contribution in [2.45, 2.75) is 32.4 Å². The van der Waals surface area contributed by atoms with E-state index in [9.17, 15) is 15.2 Å². The van der Waals surface area contributed by atoms with E-state index in [0.717, 1.165) is 5.82 Å². The second kappa shape index (κ2) is 5.83. The van der Waals surface area contributed by atoms with Gasteiger partial charge in [-0.3, -0.25) is 10.1 Å². The maximum absolute atomic E-state index is 10.7. The Morgan fingerprint density at radius 3 is 2.85 bits per heavy atom. The first kappa shape index (κ1) is 14.2. The van der Waals surface area contributed by atoms with E-state index in [1.54, 1.807) is 24.5 Å². The second-order valence-electron chi connectivity index (χ2n) is 4.96. The summed E-state index contributed by atoms with van der Waals surface area (Å²) in [5.74, 6) is 1.14. The third-order valence-corrected chi connectivity index (χ3v) is 3.10. The predicted octanol–water partition coefficient (Wildman–Crippen LogP) is 2.65. The van der Waals surface area contributed by atoms with Crippen LogP contribution in [0.25, 0.3) is 0 Å². The minimum atomic E-state index is -0.804. The van der Waals surface area contributed by atoms with E-state index in [0.29, 0.717) is 12.1 Å². The highest BCUT2D eigenvalue weighted by molar-refractivity contribution is 5.35. The summed E-state index contributed by atoms with van der Waals surface area (Å²) in [5, 5.41) is 21.0. The average molecular weight is 275 g/mol. The van der Waals surface area contributed by atoms with Gasteiger partial charge in [0, 0.05) is 30.4 Å². The summed E-state index contributed by atoms with van der Waals surface area (Å²) in [6, 6.07) is 6.07. The molecule has 0 amide bonds. The third-order valence-electron chi connectivity index (χ3n) is 3.10. The normalized spacial score (nSPS) is 12.6. The zero-order valence-electron chi connectivity index (χ0n) is 11.4. The second-order valence-corrected chi connectivity index (χ2v) is 4.96. The summed E-state index contributed by atoms with van der Waals surface area (Å²) in [5.41, 5.74) is 0.513. The molecule has 0 bridgehead atoms. The van der Waals surface area contributed by atoms with Gasteiger partial charge in [-0.15, -0.1) is 0 Å². The first-order chi connectivity index (χ1) is 9.49. The number of nitro groups is 1. The topological polar surface area (TPSA) is 81.2 Å². The Bertz CT molecular complexity index is 607. The van der Waals surface area contributed by atoms with E-state index >= 15 is 0 Å². The SMILES string of the molecule is CC(C)c1nccn1CC(O)c1cccc([N+](=O)[O-])c1. The molecule has 1 unspecified atom stereocenters. The van der Waals surface area contributed by atoms with Gasteiger partial charge in [-0.05, 0) is 5.56 Å². The van der Waals surface area contributed by atoms with E-state index in [1.807, 2.05) is 18.4 Å². The van der Waals surface area contributed by atoms with Gasteiger partial charge in [0.1, 0.15) is 5.82 Å². The summed E-state index contributed by atoms with van der Waals surface area (Å²) in [7, 11) is 0. The number of aromatic nitrogens is 2. The maximum atomic E-state index is 10.7. The summed E-state index contributed by atoms with van der Waals surface area (Å²) in [6.07, 6.45) is 2.69. The largest absolute Gasteiger partial charge is 0.387 e. The molecule has 0 radical (unpaired) electrons. The van der Waals surface area contributed by atoms with Gasteiger partial charge in [0.2, 0.25) is 0 Å². The van der Waals surface area contributed by atoms with Crippen molar-refractivity contribution in [2.75, 3.05) is 0 Å². The van der Waals surface area contributed by atoms with Crippen molar-refractivity contribution in [3.05, 3.63) is 58.2 Å². The van der Waals surface area contributed by atoms with Crippen LogP contribution in [0.5, 0.6) is 0 Å². The molecule has 1 atom stereocenters. The van der Waals surface area contributed by atoms with Crippen LogP contribution in [0.15, 0.2) is 36.7 Å². The lowest BCUT2D eigenvalue weighted by Gasteiger charge is -2.15. The number of aliphatic hydroxyl groups is 1. The van der Waals surface area contributed by atoms with Gasteiger partial charge in [0.05, 0.1) is 17.6 Å². The van der Waals surface area contributed by atoms with Crippen LogP contribution in [0.1, 0.15) is 37.3 Å². The van der Waals surface area contributed by atoms with Gasteiger partial charge >= 0.3 is 0 Å². The van der Waals surface area contributed by atoms with E-state index in [-0.39, 0.29) is 11.6 Å². The fraction of sp³-hybridized carbons (Fsp3) is 0.357. The van der Waals surface area contributed by atoms with Gasteiger partial charge in [-0.1, -0.05) is 26.0 Å². The minimum absolute atomic E-state index is 0.0173. The zero-order valence-corrected chi connectivity index (χ0v) is 11.4. The first-order valence-electron chi connectivity index (χ1n) is 6.42. The van der Waals surface area contributed by atoms with E-state index in [4.69, 9.17) is 0 Å². The van der Waals surface area contributed by atoms with Gasteiger partial charge < -0.3 is 9.67 Å². The molecule has 1 aromatic carbocycles. The number of aliphatic hydroxyl groups excluding tert-OH is 1. The van der Waals surface area contributed by atoms with E-state index in [2.05, 4.69) is 4.98 Å². The third kappa shape index (κ3) is 3.03. The highest BCUT2D eigenvalue weighted by atomic mass is 16.6. The van der Waals surface area contributed by atoms with E-state index in [1.165, 1.54) is 12.1 Å². The van der Waals surface area contributed by atoms with E-state index < -0.39 is 11.0 Å². The first-order valence-corrected chi connectivity index (χ1v) is 6.42. The standard InChI is InChI=1S/C14H17N3O3/c1-10(2)14-15-6-7-16(14)9-13(18)11-4-3-5-12(8-11)17(19)20/h3-8,10,13,18H,9H2,1-2H3. The molecule has 0 aliphatic heterocycles. The minimum Gasteiger partial charge on any atom is -0.387 e. The highest BCUT2D eigenvalue weighted by Crippen LogP contribution is 2.22. The van der Waals surface area contributed by atoms with Gasteiger partial charge in [0.25, 0.3) is 5.69 Å². The molecule has 0 aliphatic rings. The lowest BCUT2D eigenvalue weighted by Crippen LogP contribution is -2.12. The molecule has 1 N–H and O–H groups in total. The molecule has 1 aromatic heterocycles. The molecular formula is C14H17N3O3. The number of nitro benzene ring substituents is 1. The lowest BCUT2D eigenvalue weighted by atomic mass is 10.1. The number of rotatable bonds is 5. The van der Waals surface area contributed by atoms with Crippen LogP contribution < -0.4 is 0 Å². The Balaban J connectivity index is 2.19. The molecule has 106 valence electrons. The molecule has 0 saturated carbocycles. The molecule has 0 spiro atoms. The molecule has 0 fully saturated rings. The Kier molecular flexibility index (Phi) is 4.14. The fourth-order valence-electron chi connectivity index (χ4n) is 2.11. The lowest BCUT2D eigenvalue weighted by molar-refractivity contribution is -0.385. The maximum Gasteiger partial charge on any atom is 0.269 e. The van der Waals surface area contributed by atoms with Crippen LogP contribution >= 0.6 is 0 Å². The molecule has 6 nitrogen and oxygen atoms in total. The Labute approximate surface area is 116 Å². The number of imidazole rings is 1. The molecule has 1 heterocycles. The van der Waals surface area contributed by atoms with Crippen LogP contribution in [0.4, 0.5) is 5.69 Å². The molecule has 6 heteroatoms. The highest BCUT2D eigenvalue weighted by Gasteiger charge is 2.15. The summed E-state index contributed by atoms with van der Waals surface area (Å²) in [6.45, 7) is 4.38. The summed E-state index contributed by atoms with van der Waals surface area (Å²) in [4.78, 5) is 14.5. The van der Waals surface area contributed by atoms with Crippen molar-refractivity contribution >= 4 is 5.69 Å². The van der Waals surface area contributed by atoms with Crippen molar-refractivity contribution < 1.29 is 10.0 Å². The molecule has 20 heavy (non-hydrogen) atoms. The molecule has 2 rings (SSSR count). The number of non-ortho nitro benzene ring substituents is 1. The quantitative estimate of drug-likeness (QED) is 0.671. The zero-order chi connectivity index (χ0) is 14.7. The van der Waals surface area contributed by atoms with Gasteiger partial charge in [-0.25, -0.2) is 4.98 Å². The Hall–Kier alpha value is -2.21. The van der Waals surface area contributed by atoms with Crippen molar-refractivity contribution in [1.82, 2.24) is 9.55 Å². The molecular weight excluding hydrogens is 258 g/mol. The van der Waals surface area contributed by atoms with Crippen LogP contribution in [-0.2, 0) is 6.54 Å². The van der Waals surface area contributed by atoms with Crippen LogP contribution in [-0.4, -0.2) is 19.6 Å². The summed E-state index contributed by atoms with van der Waals surface area (Å²) >= 11 is 0. The smallest absolute Gasteiger partial charge is 0.269 e. The fourth-order valence-corrected chi connectivity index (χ4v) is 2.11. The number of hydrogen-bond donors (Lipinski definition) is 1. The number of benzene rings is 1. The number of nitrogens with zero attached hydrogens (tertiary/aromatic N) is 3. The molecule has 0 saturated heterocycles. The predicted molar refractivity (Wildman–Crippen MR) is 74.4 cm³/mol.